The maximum Gasteiger partial charge on any atom is 0.0725 e. The minimum atomic E-state index is -0.449. The Hall–Kier alpha value is -15.5. The van der Waals surface area contributed by atoms with E-state index in [0.717, 1.165) is 39.7 Å². The smallest absolute Gasteiger partial charge is 0.0725 e. The summed E-state index contributed by atoms with van der Waals surface area (Å²) in [6.45, 7) is 14.4. The summed E-state index contributed by atoms with van der Waals surface area (Å²) < 4.78 is 0. The van der Waals surface area contributed by atoms with E-state index in [1.165, 1.54) is 216 Å². The molecule has 0 unspecified atom stereocenters. The first kappa shape index (κ1) is 73.8. The monoisotopic (exact) mass is 1640 g/mol. The SMILES string of the molecule is CC1(C)c2ccccc2-c2ccc(N(c3ccc(-c4ccc(-c5ccc6c(c5)C(C)(C)c5cc(N(c7ccc8c(c7)C(C)(C)c7ccccc7-8)c7ccc(-c8ccc9c(c8)C8(c%10ccccc%10-c%10ccccc%108)c8ccccc8-9)c8ccccc78)ccc5-6)cc4)cc3)c3ccc(-c4ccc5c(c4)C4(c6ccccc6-c6ccccc64)c4ccccc4-5)c4ccccc34)cc21. The highest BCUT2D eigenvalue weighted by molar-refractivity contribution is 6.10. The molecule has 0 bridgehead atoms. The predicted molar refractivity (Wildman–Crippen MR) is 538 cm³/mol. The summed E-state index contributed by atoms with van der Waals surface area (Å²) in [5.41, 5.74) is 51.9. The van der Waals surface area contributed by atoms with Crippen molar-refractivity contribution in [2.75, 3.05) is 9.80 Å². The second kappa shape index (κ2) is 26.8. The van der Waals surface area contributed by atoms with Crippen LogP contribution in [0.15, 0.2) is 425 Å². The highest BCUT2D eigenvalue weighted by Crippen LogP contribution is 2.67. The third kappa shape index (κ3) is 10.0. The number of hydrogen-bond acceptors (Lipinski definition) is 2. The number of benzene rings is 20. The molecule has 0 fully saturated rings. The van der Waals surface area contributed by atoms with Gasteiger partial charge in [-0.2, -0.15) is 0 Å². The van der Waals surface area contributed by atoms with E-state index in [1.54, 1.807) is 0 Å². The van der Waals surface area contributed by atoms with Crippen LogP contribution in [0.1, 0.15) is 119 Å². The topological polar surface area (TPSA) is 6.48 Å². The molecule has 2 nitrogen and oxygen atoms in total. The molecular formula is C127H88N2. The van der Waals surface area contributed by atoms with Crippen LogP contribution in [0.2, 0.25) is 0 Å². The van der Waals surface area contributed by atoms with Crippen LogP contribution >= 0.6 is 0 Å². The van der Waals surface area contributed by atoms with Gasteiger partial charge in [-0.15, -0.1) is 0 Å². The van der Waals surface area contributed by atoms with Gasteiger partial charge < -0.3 is 9.80 Å². The molecule has 27 rings (SSSR count). The predicted octanol–water partition coefficient (Wildman–Crippen LogP) is 33.2. The number of nitrogens with zero attached hydrogens (tertiary/aromatic N) is 2. The van der Waals surface area contributed by atoms with Crippen LogP contribution in [0.25, 0.3) is 144 Å². The average molecular weight is 1640 g/mol. The van der Waals surface area contributed by atoms with Crippen LogP contribution in [0.5, 0.6) is 0 Å². The molecule has 0 saturated heterocycles. The molecule has 0 heterocycles. The van der Waals surface area contributed by atoms with E-state index in [0.29, 0.717) is 0 Å². The normalized spacial score (nSPS) is 14.9. The molecule has 20 aromatic rings. The maximum atomic E-state index is 2.56. The fourth-order valence-corrected chi connectivity index (χ4v) is 25.2. The molecule has 0 saturated carbocycles. The van der Waals surface area contributed by atoms with Gasteiger partial charge in [0, 0.05) is 49.8 Å². The van der Waals surface area contributed by atoms with Crippen molar-refractivity contribution in [3.05, 3.63) is 503 Å². The van der Waals surface area contributed by atoms with Crippen molar-refractivity contribution in [1.82, 2.24) is 0 Å². The third-order valence-corrected chi connectivity index (χ3v) is 31.1. The van der Waals surface area contributed by atoms with Gasteiger partial charge in [-0.05, 0) is 290 Å². The molecule has 0 aliphatic heterocycles. The zero-order valence-electron chi connectivity index (χ0n) is 72.8. The molecule has 0 N–H and O–H groups in total. The second-order valence-electron chi connectivity index (χ2n) is 38.4. The van der Waals surface area contributed by atoms with E-state index < -0.39 is 10.8 Å². The summed E-state index contributed by atoms with van der Waals surface area (Å²) in [6, 6.07) is 163. The van der Waals surface area contributed by atoms with E-state index in [9.17, 15) is 0 Å². The summed E-state index contributed by atoms with van der Waals surface area (Å²) in [4.78, 5) is 5.07. The van der Waals surface area contributed by atoms with Crippen LogP contribution in [-0.2, 0) is 27.1 Å². The Morgan fingerprint density at radius 1 is 0.140 bits per heavy atom. The average Bonchev–Trinajstić information content (AvgIpc) is 1.51. The Morgan fingerprint density at radius 2 is 0.349 bits per heavy atom. The van der Waals surface area contributed by atoms with Crippen molar-refractivity contribution in [2.24, 2.45) is 0 Å². The van der Waals surface area contributed by atoms with Crippen molar-refractivity contribution in [1.29, 1.82) is 0 Å². The largest absolute Gasteiger partial charge is 0.310 e. The van der Waals surface area contributed by atoms with Crippen molar-refractivity contribution >= 4 is 55.7 Å². The molecule has 2 heteroatoms. The van der Waals surface area contributed by atoms with Gasteiger partial charge >= 0.3 is 0 Å². The lowest BCUT2D eigenvalue weighted by molar-refractivity contribution is 0.660. The number of rotatable bonds is 10. The van der Waals surface area contributed by atoms with E-state index in [-0.39, 0.29) is 16.2 Å². The number of fused-ring (bicyclic) bond motifs is 31. The Bertz CT molecular complexity index is 8160. The molecule has 0 amide bonds. The van der Waals surface area contributed by atoms with Gasteiger partial charge in [0.2, 0.25) is 0 Å². The Balaban J connectivity index is 0.529. The molecule has 7 aliphatic rings. The molecular weight excluding hydrogens is 1550 g/mol. The molecule has 2 spiro atoms. The standard InChI is InChI=1S/C127H88N2/c1-123(2)107-39-19-11-29-91(107)100-64-58-84(74-116(100)123)128(121-69-67-87(89-27-7-9-37-105(89)121)81-54-62-103-97-35-17-25-45-113(97)126(119(103)72-81)109-41-21-13-31-93(109)94-32-14-22-42-110(94)126)83-56-51-78(52-57-83)77-47-49-79(50-48-77)80-53-61-99-102-66-60-86(76-118(102)125(5,6)115(99)71-80)129(85-59-65-101-92-30-12-20-40-108(92)124(3,4)117(101)75-85)122-70-68-88(90-28-8-10-38-106(90)122)82-55-63-104-98-36-18-26-46-114(98)127(120(104)73-82)111-43-23-15-33-95(111)96-34-16-24-44-112(96)127/h7-76H,1-6H3. The Labute approximate surface area is 753 Å². The zero-order valence-corrected chi connectivity index (χ0v) is 72.8. The fraction of sp³-hybridized carbons (Fsp3) is 0.0866. The van der Waals surface area contributed by atoms with Gasteiger partial charge in [-0.3, -0.25) is 0 Å². The van der Waals surface area contributed by atoms with Crippen LogP contribution in [0.4, 0.5) is 34.1 Å². The van der Waals surface area contributed by atoms with Crippen LogP contribution in [-0.4, -0.2) is 0 Å². The van der Waals surface area contributed by atoms with Gasteiger partial charge in [0.25, 0.3) is 0 Å². The van der Waals surface area contributed by atoms with Gasteiger partial charge in [-0.1, -0.05) is 387 Å². The van der Waals surface area contributed by atoms with E-state index in [4.69, 9.17) is 0 Å². The van der Waals surface area contributed by atoms with Gasteiger partial charge in [0.05, 0.1) is 22.2 Å². The van der Waals surface area contributed by atoms with Crippen molar-refractivity contribution in [3.63, 3.8) is 0 Å². The third-order valence-electron chi connectivity index (χ3n) is 31.1. The minimum Gasteiger partial charge on any atom is -0.310 e. The van der Waals surface area contributed by atoms with Crippen molar-refractivity contribution in [3.8, 4) is 122 Å². The van der Waals surface area contributed by atoms with Gasteiger partial charge in [0.15, 0.2) is 0 Å². The molecule has 0 radical (unpaired) electrons. The molecule has 0 atom stereocenters. The highest BCUT2D eigenvalue weighted by Gasteiger charge is 2.54. The molecule has 0 aromatic heterocycles. The van der Waals surface area contributed by atoms with Crippen LogP contribution in [0.3, 0.4) is 0 Å². The van der Waals surface area contributed by atoms with Crippen molar-refractivity contribution < 1.29 is 0 Å². The van der Waals surface area contributed by atoms with Gasteiger partial charge in [-0.25, -0.2) is 0 Å². The van der Waals surface area contributed by atoms with Crippen LogP contribution < -0.4 is 9.80 Å². The second-order valence-corrected chi connectivity index (χ2v) is 38.4. The number of anilines is 6. The summed E-state index contributed by atoms with van der Waals surface area (Å²) in [6.07, 6.45) is 0. The first-order valence-corrected chi connectivity index (χ1v) is 45.8. The Kier molecular flexibility index (Phi) is 15.3. The quantitative estimate of drug-likeness (QED) is 0.135. The molecule has 20 aromatic carbocycles. The zero-order chi connectivity index (χ0) is 85.7. The minimum absolute atomic E-state index is 0.193. The van der Waals surface area contributed by atoms with E-state index in [2.05, 4.69) is 476 Å². The lowest BCUT2D eigenvalue weighted by atomic mass is 9.70. The lowest BCUT2D eigenvalue weighted by Crippen LogP contribution is -2.25. The summed E-state index contributed by atoms with van der Waals surface area (Å²) in [5, 5.41) is 4.80. The van der Waals surface area contributed by atoms with E-state index >= 15 is 0 Å². The first-order chi connectivity index (χ1) is 63.2. The molecule has 7 aliphatic carbocycles. The van der Waals surface area contributed by atoms with Gasteiger partial charge in [0.1, 0.15) is 0 Å². The summed E-state index contributed by atoms with van der Waals surface area (Å²) >= 11 is 0. The Morgan fingerprint density at radius 3 is 0.698 bits per heavy atom. The fourth-order valence-electron chi connectivity index (χ4n) is 25.2. The summed E-state index contributed by atoms with van der Waals surface area (Å²) in [5.74, 6) is 0. The first-order valence-electron chi connectivity index (χ1n) is 45.8. The summed E-state index contributed by atoms with van der Waals surface area (Å²) in [7, 11) is 0. The number of hydrogen-bond donors (Lipinski definition) is 0. The lowest BCUT2D eigenvalue weighted by Gasteiger charge is -2.31. The highest BCUT2D eigenvalue weighted by atomic mass is 15.2. The van der Waals surface area contributed by atoms with E-state index in [1.807, 2.05) is 0 Å². The van der Waals surface area contributed by atoms with Crippen molar-refractivity contribution in [2.45, 2.75) is 68.6 Å². The maximum absolute atomic E-state index is 2.56. The van der Waals surface area contributed by atoms with Crippen LogP contribution in [0, 0.1) is 0 Å². The molecule has 606 valence electrons. The molecule has 129 heavy (non-hydrogen) atoms.